The van der Waals surface area contributed by atoms with Crippen molar-refractivity contribution in [3.63, 3.8) is 0 Å². The Hall–Kier alpha value is -1.88. The SMILES string of the molecule is CN(C)[C@H](c1cccc(OCc2ccccc2)c1)C(CO)CO. The highest BCUT2D eigenvalue weighted by Crippen LogP contribution is 2.29. The normalized spacial score (nSPS) is 12.6. The first kappa shape index (κ1) is 17.5. The minimum absolute atomic E-state index is 0.0611. The molecule has 0 radical (unpaired) electrons. The summed E-state index contributed by atoms with van der Waals surface area (Å²) in [5, 5.41) is 19.0. The van der Waals surface area contributed by atoms with Gasteiger partial charge in [-0.05, 0) is 37.4 Å². The lowest BCUT2D eigenvalue weighted by atomic mass is 9.93. The largest absolute Gasteiger partial charge is 0.489 e. The van der Waals surface area contributed by atoms with Gasteiger partial charge in [-0.3, -0.25) is 0 Å². The van der Waals surface area contributed by atoms with Crippen molar-refractivity contribution < 1.29 is 14.9 Å². The minimum atomic E-state index is -0.227. The molecule has 0 aliphatic carbocycles. The lowest BCUT2D eigenvalue weighted by molar-refractivity contribution is 0.0807. The second kappa shape index (κ2) is 8.67. The van der Waals surface area contributed by atoms with E-state index < -0.39 is 0 Å². The van der Waals surface area contributed by atoms with Gasteiger partial charge in [-0.25, -0.2) is 0 Å². The Labute approximate surface area is 138 Å². The summed E-state index contributed by atoms with van der Waals surface area (Å²) in [5.41, 5.74) is 2.14. The molecule has 2 N–H and O–H groups in total. The maximum absolute atomic E-state index is 9.51. The van der Waals surface area contributed by atoms with Crippen LogP contribution >= 0.6 is 0 Å². The summed E-state index contributed by atoms with van der Waals surface area (Å²) in [6.45, 7) is 0.392. The second-order valence-electron chi connectivity index (χ2n) is 5.88. The van der Waals surface area contributed by atoms with Crippen molar-refractivity contribution in [2.75, 3.05) is 27.3 Å². The number of hydrogen-bond donors (Lipinski definition) is 2. The van der Waals surface area contributed by atoms with Gasteiger partial charge in [0.15, 0.2) is 0 Å². The first-order valence-corrected chi connectivity index (χ1v) is 7.80. The van der Waals surface area contributed by atoms with E-state index in [1.165, 1.54) is 0 Å². The zero-order valence-corrected chi connectivity index (χ0v) is 13.7. The van der Waals surface area contributed by atoms with Crippen molar-refractivity contribution in [1.82, 2.24) is 4.90 Å². The molecule has 0 heterocycles. The molecule has 124 valence electrons. The fourth-order valence-corrected chi connectivity index (χ4v) is 2.78. The van der Waals surface area contributed by atoms with Gasteiger partial charge in [0.2, 0.25) is 0 Å². The number of aliphatic hydroxyl groups excluding tert-OH is 2. The van der Waals surface area contributed by atoms with Gasteiger partial charge in [-0.1, -0.05) is 42.5 Å². The van der Waals surface area contributed by atoms with Crippen molar-refractivity contribution in [1.29, 1.82) is 0 Å². The molecule has 0 spiro atoms. The number of benzene rings is 2. The van der Waals surface area contributed by atoms with E-state index in [2.05, 4.69) is 0 Å². The molecule has 0 aliphatic rings. The summed E-state index contributed by atoms with van der Waals surface area (Å²) in [5.74, 6) is 0.558. The smallest absolute Gasteiger partial charge is 0.120 e. The third-order valence-corrected chi connectivity index (χ3v) is 3.92. The van der Waals surface area contributed by atoms with E-state index in [0.29, 0.717) is 6.61 Å². The van der Waals surface area contributed by atoms with Gasteiger partial charge in [0, 0.05) is 25.2 Å². The summed E-state index contributed by atoms with van der Waals surface area (Å²) in [4.78, 5) is 2.01. The Bertz CT molecular complexity index is 582. The van der Waals surface area contributed by atoms with Gasteiger partial charge in [0.25, 0.3) is 0 Å². The van der Waals surface area contributed by atoms with E-state index in [1.54, 1.807) is 0 Å². The van der Waals surface area contributed by atoms with Crippen LogP contribution in [-0.4, -0.2) is 42.4 Å². The molecular weight excluding hydrogens is 290 g/mol. The fraction of sp³-hybridized carbons (Fsp3) is 0.368. The number of hydrogen-bond acceptors (Lipinski definition) is 4. The zero-order valence-electron chi connectivity index (χ0n) is 13.7. The van der Waals surface area contributed by atoms with Crippen LogP contribution in [0.4, 0.5) is 0 Å². The number of aliphatic hydroxyl groups is 2. The molecule has 4 nitrogen and oxygen atoms in total. The monoisotopic (exact) mass is 315 g/mol. The molecule has 2 aromatic carbocycles. The molecule has 2 aromatic rings. The lowest BCUT2D eigenvalue weighted by Crippen LogP contribution is -2.31. The van der Waals surface area contributed by atoms with E-state index in [9.17, 15) is 10.2 Å². The molecule has 2 rings (SSSR count). The molecule has 0 aromatic heterocycles. The summed E-state index contributed by atoms with van der Waals surface area (Å²) < 4.78 is 5.87. The van der Waals surface area contributed by atoms with Crippen LogP contribution in [0.15, 0.2) is 54.6 Å². The van der Waals surface area contributed by atoms with Crippen LogP contribution in [0, 0.1) is 5.92 Å². The highest BCUT2D eigenvalue weighted by Gasteiger charge is 2.24. The number of rotatable bonds is 8. The van der Waals surface area contributed by atoms with Gasteiger partial charge in [-0.2, -0.15) is 0 Å². The Morgan fingerprint density at radius 3 is 2.26 bits per heavy atom. The van der Waals surface area contributed by atoms with Gasteiger partial charge in [0.05, 0.1) is 0 Å². The van der Waals surface area contributed by atoms with Crippen molar-refractivity contribution in [2.24, 2.45) is 5.92 Å². The molecule has 4 heteroatoms. The third-order valence-electron chi connectivity index (χ3n) is 3.92. The summed E-state index contributed by atoms with van der Waals surface area (Å²) in [6, 6.07) is 17.8. The van der Waals surface area contributed by atoms with E-state index in [-0.39, 0.29) is 25.2 Å². The molecule has 0 fully saturated rings. The molecule has 0 unspecified atom stereocenters. The summed E-state index contributed by atoms with van der Waals surface area (Å²) in [7, 11) is 3.89. The predicted octanol–water partition coefficient (Wildman–Crippen LogP) is 2.47. The molecule has 0 bridgehead atoms. The first-order chi connectivity index (χ1) is 11.2. The quantitative estimate of drug-likeness (QED) is 0.786. The molecule has 0 aliphatic heterocycles. The zero-order chi connectivity index (χ0) is 16.7. The maximum atomic E-state index is 9.51. The Morgan fingerprint density at radius 1 is 0.957 bits per heavy atom. The lowest BCUT2D eigenvalue weighted by Gasteiger charge is -2.30. The van der Waals surface area contributed by atoms with E-state index >= 15 is 0 Å². The standard InChI is InChI=1S/C19H25NO3/c1-20(2)19(17(12-21)13-22)16-9-6-10-18(11-16)23-14-15-7-4-3-5-8-15/h3-11,17,19,21-22H,12-14H2,1-2H3/t19-/m1/s1. The van der Waals surface area contributed by atoms with Crippen LogP contribution < -0.4 is 4.74 Å². The van der Waals surface area contributed by atoms with E-state index in [4.69, 9.17) is 4.74 Å². The average Bonchev–Trinajstić information content (AvgIpc) is 2.58. The Kier molecular flexibility index (Phi) is 6.59. The van der Waals surface area contributed by atoms with E-state index in [0.717, 1.165) is 16.9 Å². The molecule has 0 amide bonds. The Morgan fingerprint density at radius 2 is 1.65 bits per heavy atom. The average molecular weight is 315 g/mol. The van der Waals surface area contributed by atoms with Crippen LogP contribution in [0.3, 0.4) is 0 Å². The highest BCUT2D eigenvalue weighted by atomic mass is 16.5. The Balaban J connectivity index is 2.14. The molecule has 1 atom stereocenters. The topological polar surface area (TPSA) is 52.9 Å². The van der Waals surface area contributed by atoms with Crippen molar-refractivity contribution >= 4 is 0 Å². The van der Waals surface area contributed by atoms with Gasteiger partial charge >= 0.3 is 0 Å². The molecule has 0 saturated heterocycles. The number of nitrogens with zero attached hydrogens (tertiary/aromatic N) is 1. The molecule has 23 heavy (non-hydrogen) atoms. The van der Waals surface area contributed by atoms with Crippen LogP contribution in [0.2, 0.25) is 0 Å². The van der Waals surface area contributed by atoms with Crippen LogP contribution in [0.5, 0.6) is 5.75 Å². The van der Waals surface area contributed by atoms with Gasteiger partial charge in [-0.15, -0.1) is 0 Å². The summed E-state index contributed by atoms with van der Waals surface area (Å²) >= 11 is 0. The third kappa shape index (κ3) is 4.79. The first-order valence-electron chi connectivity index (χ1n) is 7.80. The van der Waals surface area contributed by atoms with Crippen LogP contribution in [0.1, 0.15) is 17.2 Å². The fourth-order valence-electron chi connectivity index (χ4n) is 2.78. The number of ether oxygens (including phenoxy) is 1. The van der Waals surface area contributed by atoms with Crippen molar-refractivity contribution in [3.05, 3.63) is 65.7 Å². The van der Waals surface area contributed by atoms with E-state index in [1.807, 2.05) is 73.6 Å². The molecule has 0 saturated carbocycles. The van der Waals surface area contributed by atoms with Crippen LogP contribution in [0.25, 0.3) is 0 Å². The second-order valence-corrected chi connectivity index (χ2v) is 5.88. The van der Waals surface area contributed by atoms with Crippen LogP contribution in [-0.2, 0) is 6.61 Å². The van der Waals surface area contributed by atoms with Gasteiger partial charge < -0.3 is 19.8 Å². The summed E-state index contributed by atoms with van der Waals surface area (Å²) in [6.07, 6.45) is 0. The highest BCUT2D eigenvalue weighted by molar-refractivity contribution is 5.31. The predicted molar refractivity (Wildman–Crippen MR) is 91.3 cm³/mol. The van der Waals surface area contributed by atoms with Crippen molar-refractivity contribution in [3.8, 4) is 5.75 Å². The van der Waals surface area contributed by atoms with Crippen molar-refractivity contribution in [2.45, 2.75) is 12.6 Å². The minimum Gasteiger partial charge on any atom is -0.489 e. The van der Waals surface area contributed by atoms with Gasteiger partial charge in [0.1, 0.15) is 12.4 Å². The molecular formula is C19H25NO3. The maximum Gasteiger partial charge on any atom is 0.120 e.